The molecule has 0 amide bonds. The Morgan fingerprint density at radius 1 is 1.31 bits per heavy atom. The zero-order chi connectivity index (χ0) is 20.7. The number of nitrogens with one attached hydrogen (secondary N) is 1. The van der Waals surface area contributed by atoms with Gasteiger partial charge in [0.2, 0.25) is 0 Å². The molecule has 1 saturated heterocycles. The number of guanidine groups is 1. The number of benzene rings is 1. The summed E-state index contributed by atoms with van der Waals surface area (Å²) >= 11 is 0. The summed E-state index contributed by atoms with van der Waals surface area (Å²) in [4.78, 5) is 10.8. The first-order valence-corrected chi connectivity index (χ1v) is 12.0. The smallest absolute Gasteiger partial charge is 0.193 e. The molecule has 0 saturated carbocycles. The Hall–Kier alpha value is -2.35. The molecule has 0 radical (unpaired) electrons. The van der Waals surface area contributed by atoms with Crippen molar-refractivity contribution in [3.05, 3.63) is 54.6 Å². The molecule has 1 fully saturated rings. The van der Waals surface area contributed by atoms with Gasteiger partial charge in [-0.3, -0.25) is 4.99 Å². The third-order valence-electron chi connectivity index (χ3n) is 5.48. The van der Waals surface area contributed by atoms with Crippen LogP contribution >= 0.6 is 0 Å². The molecule has 3 rings (SSSR count). The molecule has 2 aromatic rings. The Kier molecular flexibility index (Phi) is 7.30. The van der Waals surface area contributed by atoms with Crippen molar-refractivity contribution in [3.63, 3.8) is 0 Å². The average molecular weight is 418 g/mol. The Balaban J connectivity index is 1.48. The van der Waals surface area contributed by atoms with Crippen molar-refractivity contribution >= 4 is 15.8 Å². The van der Waals surface area contributed by atoms with Crippen molar-refractivity contribution in [2.75, 3.05) is 32.4 Å². The fourth-order valence-corrected chi connectivity index (χ4v) is 5.25. The van der Waals surface area contributed by atoms with Gasteiger partial charge in [-0.15, -0.1) is 0 Å². The van der Waals surface area contributed by atoms with Crippen molar-refractivity contribution in [3.8, 4) is 0 Å². The van der Waals surface area contributed by atoms with Gasteiger partial charge in [-0.1, -0.05) is 37.3 Å². The van der Waals surface area contributed by atoms with Gasteiger partial charge in [-0.2, -0.15) is 0 Å². The quantitative estimate of drug-likeness (QED) is 0.425. The number of imidazole rings is 1. The van der Waals surface area contributed by atoms with Crippen molar-refractivity contribution in [1.29, 1.82) is 0 Å². The van der Waals surface area contributed by atoms with Gasteiger partial charge >= 0.3 is 0 Å². The second-order valence-electron chi connectivity index (χ2n) is 7.69. The SMILES string of the molecule is CN=C(NCCCS(=O)(=O)Cc1ccccc1)N1CCC(C)C(n2ccnc2)C1. The Bertz CT molecular complexity index is 881. The minimum atomic E-state index is -3.11. The molecule has 1 N–H and O–H groups in total. The highest BCUT2D eigenvalue weighted by molar-refractivity contribution is 7.90. The molecule has 8 heteroatoms. The first kappa shape index (κ1) is 21.4. The van der Waals surface area contributed by atoms with E-state index in [1.54, 1.807) is 7.05 Å². The predicted molar refractivity (Wildman–Crippen MR) is 117 cm³/mol. The Labute approximate surface area is 173 Å². The van der Waals surface area contributed by atoms with Gasteiger partial charge in [0.15, 0.2) is 15.8 Å². The summed E-state index contributed by atoms with van der Waals surface area (Å²) in [6, 6.07) is 9.69. The molecule has 2 atom stereocenters. The van der Waals surface area contributed by atoms with Gasteiger partial charge in [0.25, 0.3) is 0 Å². The minimum Gasteiger partial charge on any atom is -0.356 e. The van der Waals surface area contributed by atoms with Crippen LogP contribution in [-0.4, -0.2) is 61.3 Å². The highest BCUT2D eigenvalue weighted by Gasteiger charge is 2.28. The monoisotopic (exact) mass is 417 g/mol. The third-order valence-corrected chi connectivity index (χ3v) is 7.17. The summed E-state index contributed by atoms with van der Waals surface area (Å²) in [5.74, 6) is 1.67. The lowest BCUT2D eigenvalue weighted by Crippen LogP contribution is -2.49. The van der Waals surface area contributed by atoms with Crippen molar-refractivity contribution in [2.24, 2.45) is 10.9 Å². The summed E-state index contributed by atoms with van der Waals surface area (Å²) in [5, 5.41) is 3.34. The fourth-order valence-electron chi connectivity index (χ4n) is 3.82. The number of nitrogens with zero attached hydrogens (tertiary/aromatic N) is 4. The molecule has 2 heterocycles. The third kappa shape index (κ3) is 6.06. The van der Waals surface area contributed by atoms with Crippen LogP contribution in [0.3, 0.4) is 0 Å². The molecular weight excluding hydrogens is 386 g/mol. The molecule has 0 bridgehead atoms. The zero-order valence-electron chi connectivity index (χ0n) is 17.2. The summed E-state index contributed by atoms with van der Waals surface area (Å²) < 4.78 is 26.9. The average Bonchev–Trinajstić information content (AvgIpc) is 3.24. The zero-order valence-corrected chi connectivity index (χ0v) is 18.1. The van der Waals surface area contributed by atoms with Crippen LogP contribution < -0.4 is 5.32 Å². The largest absolute Gasteiger partial charge is 0.356 e. The van der Waals surface area contributed by atoms with Gasteiger partial charge in [-0.05, 0) is 24.3 Å². The van der Waals surface area contributed by atoms with Gasteiger partial charge < -0.3 is 14.8 Å². The lowest BCUT2D eigenvalue weighted by atomic mass is 9.93. The highest BCUT2D eigenvalue weighted by atomic mass is 32.2. The van der Waals surface area contributed by atoms with E-state index in [0.29, 0.717) is 24.9 Å². The molecule has 29 heavy (non-hydrogen) atoms. The predicted octanol–water partition coefficient (Wildman–Crippen LogP) is 2.35. The van der Waals surface area contributed by atoms with E-state index >= 15 is 0 Å². The summed E-state index contributed by atoms with van der Waals surface area (Å²) in [7, 11) is -1.34. The van der Waals surface area contributed by atoms with Gasteiger partial charge in [0, 0.05) is 39.1 Å². The normalized spacial score (nSPS) is 20.6. The highest BCUT2D eigenvalue weighted by Crippen LogP contribution is 2.27. The molecule has 1 aromatic heterocycles. The van der Waals surface area contributed by atoms with Gasteiger partial charge in [-0.25, -0.2) is 13.4 Å². The molecule has 158 valence electrons. The first-order valence-electron chi connectivity index (χ1n) is 10.2. The Morgan fingerprint density at radius 3 is 2.79 bits per heavy atom. The number of likely N-dealkylation sites (tertiary alicyclic amines) is 1. The van der Waals surface area contributed by atoms with Crippen molar-refractivity contribution in [1.82, 2.24) is 19.8 Å². The molecule has 0 aliphatic carbocycles. The van der Waals surface area contributed by atoms with Crippen molar-refractivity contribution in [2.45, 2.75) is 31.6 Å². The van der Waals surface area contributed by atoms with Crippen LogP contribution in [0.15, 0.2) is 54.0 Å². The van der Waals surface area contributed by atoms with E-state index in [1.807, 2.05) is 49.1 Å². The standard InChI is InChI=1S/C21H31N5O2S/c1-18-9-12-25(15-20(18)26-13-11-23-17-26)21(22-2)24-10-6-14-29(27,28)16-19-7-4-3-5-8-19/h3-5,7-8,11,13,17-18,20H,6,9-10,12,14-16H2,1-2H3,(H,22,24). The number of hydrogen-bond donors (Lipinski definition) is 1. The molecule has 1 aliphatic heterocycles. The molecule has 2 unspecified atom stereocenters. The van der Waals surface area contributed by atoms with Gasteiger partial charge in [0.05, 0.1) is 23.9 Å². The van der Waals surface area contributed by atoms with E-state index in [1.165, 1.54) is 0 Å². The second kappa shape index (κ2) is 9.91. The Morgan fingerprint density at radius 2 is 2.10 bits per heavy atom. The summed E-state index contributed by atoms with van der Waals surface area (Å²) in [6.07, 6.45) is 7.34. The number of piperidine rings is 1. The first-order chi connectivity index (χ1) is 14.0. The number of sulfone groups is 1. The maximum atomic E-state index is 12.3. The fraction of sp³-hybridized carbons (Fsp3) is 0.524. The van der Waals surface area contributed by atoms with E-state index in [0.717, 1.165) is 31.0 Å². The van der Waals surface area contributed by atoms with Crippen LogP contribution in [-0.2, 0) is 15.6 Å². The molecular formula is C21H31N5O2S. The van der Waals surface area contributed by atoms with Crippen LogP contribution in [0.4, 0.5) is 0 Å². The van der Waals surface area contributed by atoms with Crippen LogP contribution in [0, 0.1) is 5.92 Å². The van der Waals surface area contributed by atoms with Gasteiger partial charge in [0.1, 0.15) is 0 Å². The topological polar surface area (TPSA) is 79.6 Å². The molecule has 7 nitrogen and oxygen atoms in total. The number of aromatic nitrogens is 2. The molecule has 1 aromatic carbocycles. The second-order valence-corrected chi connectivity index (χ2v) is 9.88. The van der Waals surface area contributed by atoms with Crippen LogP contribution in [0.1, 0.15) is 31.4 Å². The van der Waals surface area contributed by atoms with Crippen LogP contribution in [0.2, 0.25) is 0 Å². The maximum absolute atomic E-state index is 12.3. The molecule has 0 spiro atoms. The van der Waals surface area contributed by atoms with Crippen LogP contribution in [0.25, 0.3) is 0 Å². The summed E-state index contributed by atoms with van der Waals surface area (Å²) in [6.45, 7) is 4.67. The maximum Gasteiger partial charge on any atom is 0.193 e. The van der Waals surface area contributed by atoms with E-state index in [-0.39, 0.29) is 11.5 Å². The van der Waals surface area contributed by atoms with E-state index < -0.39 is 9.84 Å². The molecule has 1 aliphatic rings. The number of hydrogen-bond acceptors (Lipinski definition) is 4. The number of aliphatic imine (C=N–C) groups is 1. The lowest BCUT2D eigenvalue weighted by molar-refractivity contribution is 0.189. The summed E-state index contributed by atoms with van der Waals surface area (Å²) in [5.41, 5.74) is 0.837. The minimum absolute atomic E-state index is 0.0964. The van der Waals surface area contributed by atoms with Crippen molar-refractivity contribution < 1.29 is 8.42 Å². The van der Waals surface area contributed by atoms with E-state index in [2.05, 4.69) is 31.7 Å². The number of rotatable bonds is 7. The van der Waals surface area contributed by atoms with Crippen LogP contribution in [0.5, 0.6) is 0 Å². The van der Waals surface area contributed by atoms with E-state index in [4.69, 9.17) is 0 Å². The van der Waals surface area contributed by atoms with E-state index in [9.17, 15) is 8.42 Å². The lowest BCUT2D eigenvalue weighted by Gasteiger charge is -2.39.